The van der Waals surface area contributed by atoms with E-state index in [1.54, 1.807) is 34.6 Å². The Balaban J connectivity index is 2.47. The van der Waals surface area contributed by atoms with Gasteiger partial charge in [-0.1, -0.05) is 0 Å². The molecule has 1 aromatic rings. The van der Waals surface area contributed by atoms with E-state index in [0.29, 0.717) is 0 Å². The highest BCUT2D eigenvalue weighted by atomic mass is 19.4. The monoisotopic (exact) mass is 516 g/mol. The van der Waals surface area contributed by atoms with Gasteiger partial charge in [0.05, 0.1) is 16.8 Å². The van der Waals surface area contributed by atoms with E-state index >= 15 is 0 Å². The lowest BCUT2D eigenvalue weighted by atomic mass is 9.98. The predicted octanol–water partition coefficient (Wildman–Crippen LogP) is 3.54. The Labute approximate surface area is 209 Å². The smallest absolute Gasteiger partial charge is 0.417 e. The van der Waals surface area contributed by atoms with Crippen molar-refractivity contribution in [3.8, 4) is 5.75 Å². The molecule has 9 nitrogen and oxygen atoms in total. The molecule has 3 N–H and O–H groups in total. The third kappa shape index (κ3) is 6.80. The summed E-state index contributed by atoms with van der Waals surface area (Å²) in [7, 11) is 0. The number of carbonyl (C=O) groups is 3. The second kappa shape index (κ2) is 10.5. The fraction of sp³-hybridized carbons (Fsp3) is 0.625. The Morgan fingerprint density at radius 1 is 1.22 bits per heavy atom. The van der Waals surface area contributed by atoms with Crippen LogP contribution < -0.4 is 20.7 Å². The Morgan fingerprint density at radius 3 is 2.33 bits per heavy atom. The molecule has 36 heavy (non-hydrogen) atoms. The molecule has 1 aromatic carbocycles. The normalized spacial score (nSPS) is 15.3. The number of carbonyl (C=O) groups excluding carboxylic acids is 3. The van der Waals surface area contributed by atoms with Crippen molar-refractivity contribution in [2.75, 3.05) is 31.1 Å². The van der Waals surface area contributed by atoms with Gasteiger partial charge < -0.3 is 30.3 Å². The minimum atomic E-state index is -4.87. The maximum absolute atomic E-state index is 14.1. The zero-order valence-electron chi connectivity index (χ0n) is 21.7. The van der Waals surface area contributed by atoms with Crippen LogP contribution in [0.5, 0.6) is 5.75 Å². The Morgan fingerprint density at radius 2 is 1.83 bits per heavy atom. The number of benzene rings is 1. The van der Waals surface area contributed by atoms with Gasteiger partial charge in [-0.2, -0.15) is 13.2 Å². The first-order chi connectivity index (χ1) is 16.4. The third-order valence-corrected chi connectivity index (χ3v) is 5.31. The number of ether oxygens (including phenoxy) is 2. The molecule has 0 bridgehead atoms. The molecule has 0 saturated carbocycles. The first kappa shape index (κ1) is 29.2. The maximum atomic E-state index is 14.1. The van der Waals surface area contributed by atoms with Crippen LogP contribution in [0.15, 0.2) is 12.1 Å². The molecule has 3 amide bonds. The average Bonchev–Trinajstić information content (AvgIpc) is 2.71. The van der Waals surface area contributed by atoms with Crippen LogP contribution in [-0.2, 0) is 15.7 Å². The number of hydrogen-bond acceptors (Lipinski definition) is 6. The SMILES string of the molecule is CC(C)N(CCNC(=O)OC(C)(C)C)C(=O)c1cc2c(cc1C(F)(F)F)OC(C)(C)C(=O)N2CCN. The molecule has 1 aliphatic heterocycles. The molecule has 0 aliphatic carbocycles. The highest BCUT2D eigenvalue weighted by Gasteiger charge is 2.44. The van der Waals surface area contributed by atoms with E-state index in [1.165, 1.54) is 23.6 Å². The number of amides is 3. The van der Waals surface area contributed by atoms with Crippen molar-refractivity contribution >= 4 is 23.6 Å². The molecule has 0 saturated heterocycles. The van der Waals surface area contributed by atoms with Gasteiger partial charge in [0.25, 0.3) is 11.8 Å². The van der Waals surface area contributed by atoms with E-state index in [4.69, 9.17) is 15.2 Å². The van der Waals surface area contributed by atoms with Gasteiger partial charge in [-0.15, -0.1) is 0 Å². The summed E-state index contributed by atoms with van der Waals surface area (Å²) in [5.74, 6) is -1.56. The van der Waals surface area contributed by atoms with Gasteiger partial charge in [-0.3, -0.25) is 9.59 Å². The highest BCUT2D eigenvalue weighted by Crippen LogP contribution is 2.44. The second-order valence-electron chi connectivity index (χ2n) is 10.2. The van der Waals surface area contributed by atoms with Crippen LogP contribution >= 0.6 is 0 Å². The highest BCUT2D eigenvalue weighted by molar-refractivity contribution is 6.05. The van der Waals surface area contributed by atoms with Crippen LogP contribution in [0, 0.1) is 0 Å². The van der Waals surface area contributed by atoms with Crippen LogP contribution in [0.3, 0.4) is 0 Å². The van der Waals surface area contributed by atoms with Crippen molar-refractivity contribution in [2.24, 2.45) is 5.73 Å². The third-order valence-electron chi connectivity index (χ3n) is 5.31. The van der Waals surface area contributed by atoms with E-state index < -0.39 is 52.5 Å². The summed E-state index contributed by atoms with van der Waals surface area (Å²) in [6.07, 6.45) is -5.58. The molecule has 0 spiro atoms. The minimum Gasteiger partial charge on any atom is -0.476 e. The van der Waals surface area contributed by atoms with E-state index in [0.717, 1.165) is 12.1 Å². The quantitative estimate of drug-likeness (QED) is 0.573. The molecule has 0 atom stereocenters. The number of nitrogens with two attached hydrogens (primary N) is 1. The van der Waals surface area contributed by atoms with Crippen LogP contribution in [-0.4, -0.2) is 66.2 Å². The second-order valence-corrected chi connectivity index (χ2v) is 10.2. The lowest BCUT2D eigenvalue weighted by molar-refractivity contribution is -0.138. The molecule has 2 rings (SSSR count). The summed E-state index contributed by atoms with van der Waals surface area (Å²) in [5.41, 5.74) is 1.72. The summed E-state index contributed by atoms with van der Waals surface area (Å²) in [4.78, 5) is 40.7. The van der Waals surface area contributed by atoms with Gasteiger partial charge in [0.2, 0.25) is 0 Å². The van der Waals surface area contributed by atoms with E-state index in [1.807, 2.05) is 0 Å². The fourth-order valence-electron chi connectivity index (χ4n) is 3.72. The van der Waals surface area contributed by atoms with Gasteiger partial charge in [0.1, 0.15) is 11.4 Å². The average molecular weight is 517 g/mol. The number of fused-ring (bicyclic) bond motifs is 1. The van der Waals surface area contributed by atoms with Crippen LogP contribution in [0.4, 0.5) is 23.7 Å². The number of rotatable bonds is 7. The molecule has 1 heterocycles. The zero-order chi connectivity index (χ0) is 27.6. The number of nitrogens with zero attached hydrogens (tertiary/aromatic N) is 2. The van der Waals surface area contributed by atoms with E-state index in [9.17, 15) is 27.6 Å². The number of halogens is 3. The minimum absolute atomic E-state index is 0.0331. The predicted molar refractivity (Wildman–Crippen MR) is 128 cm³/mol. The maximum Gasteiger partial charge on any atom is 0.417 e. The standard InChI is InChI=1S/C24H35F3N4O5/c1-14(2)30(11-9-29-21(34)36-22(3,4)5)19(32)15-12-17-18(13-16(15)24(25,26)27)35-23(6,7)20(33)31(17)10-8-28/h12-14H,8-11,28H2,1-7H3,(H,29,34). The van der Waals surface area contributed by atoms with Gasteiger partial charge in [-0.25, -0.2) is 4.79 Å². The summed E-state index contributed by atoms with van der Waals surface area (Å²) >= 11 is 0. The number of nitrogens with one attached hydrogen (secondary N) is 1. The van der Waals surface area contributed by atoms with Crippen molar-refractivity contribution in [2.45, 2.75) is 71.9 Å². The topological polar surface area (TPSA) is 114 Å². The molecule has 0 unspecified atom stereocenters. The Bertz CT molecular complexity index is 1000. The summed E-state index contributed by atoms with van der Waals surface area (Å²) in [6.45, 7) is 11.2. The summed E-state index contributed by atoms with van der Waals surface area (Å²) in [6, 6.07) is 1.28. The van der Waals surface area contributed by atoms with Gasteiger partial charge in [-0.05, 0) is 60.6 Å². The van der Waals surface area contributed by atoms with Crippen LogP contribution in [0.25, 0.3) is 0 Å². The number of anilines is 1. The first-order valence-electron chi connectivity index (χ1n) is 11.6. The fourth-order valence-corrected chi connectivity index (χ4v) is 3.72. The summed E-state index contributed by atoms with van der Waals surface area (Å²) in [5, 5.41) is 2.50. The largest absolute Gasteiger partial charge is 0.476 e. The first-order valence-corrected chi connectivity index (χ1v) is 11.6. The Hall–Kier alpha value is -3.02. The molecular weight excluding hydrogens is 481 g/mol. The number of hydrogen-bond donors (Lipinski definition) is 2. The summed E-state index contributed by atoms with van der Waals surface area (Å²) < 4.78 is 53.0. The molecule has 0 aromatic heterocycles. The van der Waals surface area contributed by atoms with Crippen molar-refractivity contribution in [3.63, 3.8) is 0 Å². The molecule has 12 heteroatoms. The number of alkyl halides is 3. The van der Waals surface area contributed by atoms with Crippen LogP contribution in [0.1, 0.15) is 64.4 Å². The lowest BCUT2D eigenvalue weighted by Gasteiger charge is -2.39. The van der Waals surface area contributed by atoms with E-state index in [-0.39, 0.29) is 37.6 Å². The Kier molecular flexibility index (Phi) is 8.55. The zero-order valence-corrected chi connectivity index (χ0v) is 21.7. The van der Waals surface area contributed by atoms with Gasteiger partial charge >= 0.3 is 12.3 Å². The van der Waals surface area contributed by atoms with Gasteiger partial charge in [0, 0.05) is 32.2 Å². The number of alkyl carbamates (subject to hydrolysis) is 1. The van der Waals surface area contributed by atoms with Crippen molar-refractivity contribution in [1.29, 1.82) is 0 Å². The van der Waals surface area contributed by atoms with E-state index in [2.05, 4.69) is 5.32 Å². The molecule has 0 radical (unpaired) electrons. The van der Waals surface area contributed by atoms with Crippen molar-refractivity contribution in [1.82, 2.24) is 10.2 Å². The van der Waals surface area contributed by atoms with Crippen molar-refractivity contribution < 1.29 is 37.0 Å². The molecule has 0 fully saturated rings. The van der Waals surface area contributed by atoms with Crippen molar-refractivity contribution in [3.05, 3.63) is 23.3 Å². The molecule has 202 valence electrons. The molecule has 1 aliphatic rings. The van der Waals surface area contributed by atoms with Crippen LogP contribution in [0.2, 0.25) is 0 Å². The van der Waals surface area contributed by atoms with Gasteiger partial charge in [0.15, 0.2) is 5.60 Å². The molecular formula is C24H35F3N4O5. The lowest BCUT2D eigenvalue weighted by Crippen LogP contribution is -2.54.